The molecule has 116 valence electrons. The van der Waals surface area contributed by atoms with Crippen LogP contribution in [0.1, 0.15) is 15.9 Å². The molecule has 2 aromatic rings. The second-order valence-corrected chi connectivity index (χ2v) is 5.36. The zero-order valence-electron chi connectivity index (χ0n) is 11.8. The molecule has 0 aliphatic carbocycles. The summed E-state index contributed by atoms with van der Waals surface area (Å²) in [7, 11) is 1.53. The fourth-order valence-corrected chi connectivity index (χ4v) is 2.21. The molecule has 2 rings (SSSR count). The lowest BCUT2D eigenvalue weighted by atomic mass is 10.2. The maximum atomic E-state index is 12.2. The zero-order valence-corrected chi connectivity index (χ0v) is 12.6. The molecule has 0 bridgehead atoms. The minimum atomic E-state index is -2.47. The van der Waals surface area contributed by atoms with Gasteiger partial charge in [0.25, 0.3) is 11.7 Å². The summed E-state index contributed by atoms with van der Waals surface area (Å²) >= 11 is 0.447. The molecule has 0 unspecified atom stereocenters. The molecule has 1 aromatic carbocycles. The molecule has 0 radical (unpaired) electrons. The summed E-state index contributed by atoms with van der Waals surface area (Å²) in [6.07, 6.45) is 1.61. The number of thioether (sulfide) groups is 1. The Morgan fingerprint density at radius 3 is 2.55 bits per heavy atom. The van der Waals surface area contributed by atoms with Gasteiger partial charge in [-0.1, -0.05) is 17.8 Å². The van der Waals surface area contributed by atoms with Gasteiger partial charge in [-0.25, -0.2) is 4.98 Å². The average molecular weight is 324 g/mol. The summed E-state index contributed by atoms with van der Waals surface area (Å²) in [5.41, 5.74) is 1.25. The second-order valence-electron chi connectivity index (χ2n) is 4.29. The average Bonchev–Trinajstić information content (AvgIpc) is 2.53. The Bertz CT molecular complexity index is 618. The van der Waals surface area contributed by atoms with Gasteiger partial charge >= 0.3 is 0 Å². The van der Waals surface area contributed by atoms with Crippen molar-refractivity contribution in [3.05, 3.63) is 53.7 Å². The maximum Gasteiger partial charge on any atom is 0.288 e. The molecule has 0 spiro atoms. The summed E-state index contributed by atoms with van der Waals surface area (Å²) in [5, 5.41) is 2.74. The first-order valence-corrected chi connectivity index (χ1v) is 7.28. The van der Waals surface area contributed by atoms with Crippen LogP contribution in [0.15, 0.2) is 47.5 Å². The smallest absolute Gasteiger partial charge is 0.288 e. The van der Waals surface area contributed by atoms with Gasteiger partial charge in [-0.05, 0) is 29.8 Å². The number of ether oxygens (including phenoxy) is 1. The molecule has 7 heteroatoms. The van der Waals surface area contributed by atoms with Crippen molar-refractivity contribution in [1.82, 2.24) is 10.3 Å². The van der Waals surface area contributed by atoms with Gasteiger partial charge in [0.2, 0.25) is 5.88 Å². The van der Waals surface area contributed by atoms with E-state index in [1.54, 1.807) is 18.3 Å². The van der Waals surface area contributed by atoms with E-state index < -0.39 is 5.76 Å². The van der Waals surface area contributed by atoms with Gasteiger partial charge in [0.05, 0.1) is 7.11 Å². The van der Waals surface area contributed by atoms with Crippen molar-refractivity contribution in [3.63, 3.8) is 0 Å². The van der Waals surface area contributed by atoms with Crippen LogP contribution in [0.5, 0.6) is 5.88 Å². The van der Waals surface area contributed by atoms with Crippen molar-refractivity contribution >= 4 is 17.7 Å². The van der Waals surface area contributed by atoms with E-state index in [-0.39, 0.29) is 5.91 Å². The third-order valence-electron chi connectivity index (χ3n) is 2.80. The van der Waals surface area contributed by atoms with Crippen LogP contribution in [-0.2, 0) is 6.54 Å². The van der Waals surface area contributed by atoms with E-state index >= 15 is 0 Å². The zero-order chi connectivity index (χ0) is 15.9. The number of amides is 1. The number of nitrogens with zero attached hydrogens (tertiary/aromatic N) is 1. The van der Waals surface area contributed by atoms with Crippen LogP contribution in [0, 0.1) is 0 Å². The molecule has 0 aliphatic heterocycles. The van der Waals surface area contributed by atoms with E-state index in [1.165, 1.54) is 31.4 Å². The number of pyridine rings is 1. The number of hydrogen-bond acceptors (Lipinski definition) is 4. The van der Waals surface area contributed by atoms with Crippen molar-refractivity contribution in [2.45, 2.75) is 17.2 Å². The number of carbonyl (C=O) groups excluding carboxylic acids is 1. The van der Waals surface area contributed by atoms with Crippen molar-refractivity contribution in [1.29, 1.82) is 0 Å². The molecule has 0 atom stereocenters. The molecule has 4 nitrogen and oxygen atoms in total. The number of aromatic nitrogens is 1. The topological polar surface area (TPSA) is 51.2 Å². The lowest BCUT2D eigenvalue weighted by Crippen LogP contribution is -2.22. The van der Waals surface area contributed by atoms with Crippen LogP contribution in [0.3, 0.4) is 0 Å². The molecule has 1 amide bonds. The third-order valence-corrected chi connectivity index (χ3v) is 3.52. The van der Waals surface area contributed by atoms with E-state index in [0.717, 1.165) is 5.56 Å². The van der Waals surface area contributed by atoms with Gasteiger partial charge in [0.15, 0.2) is 0 Å². The highest BCUT2D eigenvalue weighted by Crippen LogP contribution is 2.25. The van der Waals surface area contributed by atoms with E-state index in [2.05, 4.69) is 10.3 Å². The van der Waals surface area contributed by atoms with Gasteiger partial charge in [0.1, 0.15) is 0 Å². The largest absolute Gasteiger partial charge is 0.481 e. The highest BCUT2D eigenvalue weighted by atomic mass is 32.2. The molecular formula is C15H14F2N2O2S. The number of benzene rings is 1. The first-order chi connectivity index (χ1) is 10.6. The molecule has 0 saturated carbocycles. The number of alkyl halides is 2. The number of nitrogens with one attached hydrogen (secondary N) is 1. The number of carbonyl (C=O) groups is 1. The van der Waals surface area contributed by atoms with E-state index in [4.69, 9.17) is 4.74 Å². The first kappa shape index (κ1) is 16.2. The predicted molar refractivity (Wildman–Crippen MR) is 80.3 cm³/mol. The van der Waals surface area contributed by atoms with Crippen molar-refractivity contribution < 1.29 is 18.3 Å². The Labute approximate surface area is 130 Å². The lowest BCUT2D eigenvalue weighted by Gasteiger charge is -2.07. The standard InChI is InChI=1S/C15H14F2N2O2S/c1-21-13-7-2-10(8-18-13)9-19-14(20)11-3-5-12(6-4-11)22-15(16)17/h2-8,15H,9H2,1H3,(H,19,20). The Morgan fingerprint density at radius 2 is 2.00 bits per heavy atom. The van der Waals surface area contributed by atoms with Crippen molar-refractivity contribution in [2.75, 3.05) is 7.11 Å². The first-order valence-electron chi connectivity index (χ1n) is 6.40. The molecule has 1 aromatic heterocycles. The molecule has 22 heavy (non-hydrogen) atoms. The van der Waals surface area contributed by atoms with Crippen LogP contribution in [0.25, 0.3) is 0 Å². The van der Waals surface area contributed by atoms with Gasteiger partial charge in [-0.15, -0.1) is 0 Å². The summed E-state index contributed by atoms with van der Waals surface area (Å²) in [6, 6.07) is 9.55. The maximum absolute atomic E-state index is 12.2. The van der Waals surface area contributed by atoms with Gasteiger partial charge in [-0.3, -0.25) is 4.79 Å². The lowest BCUT2D eigenvalue weighted by molar-refractivity contribution is 0.0951. The normalized spacial score (nSPS) is 10.5. The molecule has 0 saturated heterocycles. The van der Waals surface area contributed by atoms with E-state index in [0.29, 0.717) is 34.6 Å². The molecular weight excluding hydrogens is 310 g/mol. The van der Waals surface area contributed by atoms with Crippen LogP contribution in [0.2, 0.25) is 0 Å². The number of hydrogen-bond donors (Lipinski definition) is 1. The number of halogens is 2. The number of methoxy groups -OCH3 is 1. The van der Waals surface area contributed by atoms with Crippen molar-refractivity contribution in [3.8, 4) is 5.88 Å². The summed E-state index contributed by atoms with van der Waals surface area (Å²) < 4.78 is 29.4. The fraction of sp³-hybridized carbons (Fsp3) is 0.200. The minimum Gasteiger partial charge on any atom is -0.481 e. The van der Waals surface area contributed by atoms with Crippen LogP contribution >= 0.6 is 11.8 Å². The third kappa shape index (κ3) is 4.70. The van der Waals surface area contributed by atoms with Crippen molar-refractivity contribution in [2.24, 2.45) is 0 Å². The molecule has 1 N–H and O–H groups in total. The Balaban J connectivity index is 1.91. The van der Waals surface area contributed by atoms with Gasteiger partial charge in [-0.2, -0.15) is 8.78 Å². The molecule has 1 heterocycles. The minimum absolute atomic E-state index is 0.274. The molecule has 0 fully saturated rings. The monoisotopic (exact) mass is 324 g/mol. The van der Waals surface area contributed by atoms with Crippen LogP contribution in [0.4, 0.5) is 8.78 Å². The van der Waals surface area contributed by atoms with Crippen LogP contribution < -0.4 is 10.1 Å². The highest BCUT2D eigenvalue weighted by Gasteiger charge is 2.08. The second kappa shape index (κ2) is 7.74. The van der Waals surface area contributed by atoms with E-state index in [9.17, 15) is 13.6 Å². The quantitative estimate of drug-likeness (QED) is 0.828. The Hall–Kier alpha value is -2.15. The van der Waals surface area contributed by atoms with Crippen LogP contribution in [-0.4, -0.2) is 23.8 Å². The SMILES string of the molecule is COc1ccc(CNC(=O)c2ccc(SC(F)F)cc2)cn1. The highest BCUT2D eigenvalue weighted by molar-refractivity contribution is 7.99. The summed E-state index contributed by atoms with van der Waals surface area (Å²) in [5.74, 6) is -2.24. The fourth-order valence-electron chi connectivity index (χ4n) is 1.71. The predicted octanol–water partition coefficient (Wildman–Crippen LogP) is 3.33. The molecule has 0 aliphatic rings. The van der Waals surface area contributed by atoms with Gasteiger partial charge in [0, 0.05) is 29.3 Å². The number of rotatable bonds is 6. The Morgan fingerprint density at radius 1 is 1.27 bits per heavy atom. The van der Waals surface area contributed by atoms with E-state index in [1.807, 2.05) is 0 Å². The summed E-state index contributed by atoms with van der Waals surface area (Å²) in [6.45, 7) is 0.323. The summed E-state index contributed by atoms with van der Waals surface area (Å²) in [4.78, 5) is 16.4. The van der Waals surface area contributed by atoms with Gasteiger partial charge < -0.3 is 10.1 Å². The Kier molecular flexibility index (Phi) is 5.71.